The first-order valence-electron chi connectivity index (χ1n) is 5.96. The Labute approximate surface area is 95.8 Å². The van der Waals surface area contributed by atoms with Crippen LogP contribution in [-0.2, 0) is 4.74 Å². The Morgan fingerprint density at radius 1 is 1.13 bits per heavy atom. The molecule has 2 heteroatoms. The average Bonchev–Trinajstić information content (AvgIpc) is 2.10. The fourth-order valence-electron chi connectivity index (χ4n) is 1.28. The van der Waals surface area contributed by atoms with Crippen LogP contribution in [0.3, 0.4) is 0 Å². The van der Waals surface area contributed by atoms with Crippen molar-refractivity contribution >= 4 is 0 Å². The first-order chi connectivity index (χ1) is 6.66. The maximum Gasteiger partial charge on any atom is 0.0622 e. The smallest absolute Gasteiger partial charge is 0.0622 e. The van der Waals surface area contributed by atoms with E-state index in [4.69, 9.17) is 4.74 Å². The molecule has 0 aliphatic carbocycles. The highest BCUT2D eigenvalue weighted by Gasteiger charge is 2.18. The van der Waals surface area contributed by atoms with Gasteiger partial charge in [-0.1, -0.05) is 6.92 Å². The van der Waals surface area contributed by atoms with Crippen molar-refractivity contribution in [2.24, 2.45) is 5.92 Å². The van der Waals surface area contributed by atoms with Crippen molar-refractivity contribution in [1.82, 2.24) is 5.32 Å². The van der Waals surface area contributed by atoms with Gasteiger partial charge in [-0.05, 0) is 59.9 Å². The number of nitrogens with one attached hydrogen (secondary N) is 1. The molecule has 0 rings (SSSR count). The maximum atomic E-state index is 5.41. The van der Waals surface area contributed by atoms with Gasteiger partial charge >= 0.3 is 0 Å². The Morgan fingerprint density at radius 2 is 1.67 bits per heavy atom. The lowest BCUT2D eigenvalue weighted by molar-refractivity contribution is 0.0107. The molecule has 0 spiro atoms. The van der Waals surface area contributed by atoms with Crippen LogP contribution in [0, 0.1) is 5.92 Å². The van der Waals surface area contributed by atoms with E-state index in [0.717, 1.165) is 13.0 Å². The highest BCUT2D eigenvalue weighted by Crippen LogP contribution is 2.19. The Kier molecular flexibility index (Phi) is 5.82. The van der Waals surface area contributed by atoms with Crippen LogP contribution in [0.5, 0.6) is 0 Å². The van der Waals surface area contributed by atoms with E-state index in [1.165, 1.54) is 6.42 Å². The van der Waals surface area contributed by atoms with Crippen LogP contribution >= 0.6 is 0 Å². The van der Waals surface area contributed by atoms with Crippen LogP contribution in [0.15, 0.2) is 0 Å². The summed E-state index contributed by atoms with van der Waals surface area (Å²) in [6, 6.07) is 0. The number of hydrogen-bond acceptors (Lipinski definition) is 2. The molecule has 0 saturated carbocycles. The van der Waals surface area contributed by atoms with Gasteiger partial charge in [0.05, 0.1) is 5.60 Å². The summed E-state index contributed by atoms with van der Waals surface area (Å²) < 4.78 is 5.41. The van der Waals surface area contributed by atoms with Gasteiger partial charge in [-0.3, -0.25) is 0 Å². The van der Waals surface area contributed by atoms with Gasteiger partial charge in [-0.15, -0.1) is 0 Å². The molecule has 0 bridgehead atoms. The molecule has 15 heavy (non-hydrogen) atoms. The minimum Gasteiger partial charge on any atom is -0.379 e. The lowest BCUT2D eigenvalue weighted by Crippen LogP contribution is -2.39. The summed E-state index contributed by atoms with van der Waals surface area (Å²) in [5.41, 5.74) is 0.251. The lowest BCUT2D eigenvalue weighted by Gasteiger charge is -2.27. The molecule has 0 aromatic rings. The summed E-state index contributed by atoms with van der Waals surface area (Å²) in [5.74, 6) is 0.707. The van der Waals surface area contributed by atoms with Crippen LogP contribution in [0.25, 0.3) is 0 Å². The maximum absolute atomic E-state index is 5.41. The molecule has 2 nitrogen and oxygen atoms in total. The molecule has 1 atom stereocenters. The summed E-state index contributed by atoms with van der Waals surface area (Å²) in [5, 5.41) is 3.54. The van der Waals surface area contributed by atoms with Crippen molar-refractivity contribution in [3.63, 3.8) is 0 Å². The van der Waals surface area contributed by atoms with Crippen molar-refractivity contribution < 1.29 is 4.74 Å². The molecular weight excluding hydrogens is 186 g/mol. The lowest BCUT2D eigenvalue weighted by atomic mass is 9.95. The topological polar surface area (TPSA) is 21.3 Å². The van der Waals surface area contributed by atoms with Gasteiger partial charge in [0, 0.05) is 12.6 Å². The van der Waals surface area contributed by atoms with E-state index in [2.05, 4.69) is 46.9 Å². The van der Waals surface area contributed by atoms with Crippen molar-refractivity contribution in [2.75, 3.05) is 13.7 Å². The molecule has 0 aliphatic rings. The molecular formula is C13H29NO. The van der Waals surface area contributed by atoms with E-state index in [-0.39, 0.29) is 11.1 Å². The van der Waals surface area contributed by atoms with Gasteiger partial charge in [0.15, 0.2) is 0 Å². The zero-order chi connectivity index (χ0) is 12.1. The second-order valence-electron chi connectivity index (χ2n) is 6.24. The van der Waals surface area contributed by atoms with E-state index < -0.39 is 0 Å². The average molecular weight is 215 g/mol. The third-order valence-corrected chi connectivity index (χ3v) is 2.77. The van der Waals surface area contributed by atoms with Gasteiger partial charge in [-0.2, -0.15) is 0 Å². The van der Waals surface area contributed by atoms with E-state index in [1.54, 1.807) is 7.11 Å². The van der Waals surface area contributed by atoms with Gasteiger partial charge in [0.25, 0.3) is 0 Å². The van der Waals surface area contributed by atoms with Gasteiger partial charge in [-0.25, -0.2) is 0 Å². The van der Waals surface area contributed by atoms with E-state index in [0.29, 0.717) is 5.92 Å². The first-order valence-corrected chi connectivity index (χ1v) is 5.96. The van der Waals surface area contributed by atoms with Crippen molar-refractivity contribution in [3.8, 4) is 0 Å². The minimum atomic E-state index is 0.0238. The normalized spacial score (nSPS) is 15.4. The molecule has 0 heterocycles. The van der Waals surface area contributed by atoms with E-state index in [1.807, 2.05) is 0 Å². The predicted molar refractivity (Wildman–Crippen MR) is 67.2 cm³/mol. The van der Waals surface area contributed by atoms with Crippen LogP contribution in [0.1, 0.15) is 54.4 Å². The monoisotopic (exact) mass is 215 g/mol. The molecule has 1 N–H and O–H groups in total. The SMILES string of the molecule is COC(C)(C)CCC(C)CNC(C)(C)C. The van der Waals surface area contributed by atoms with Crippen molar-refractivity contribution in [1.29, 1.82) is 0 Å². The molecule has 0 fully saturated rings. The Bertz CT molecular complexity index is 170. The largest absolute Gasteiger partial charge is 0.379 e. The molecule has 0 amide bonds. The van der Waals surface area contributed by atoms with E-state index >= 15 is 0 Å². The third kappa shape index (κ3) is 8.88. The molecule has 1 unspecified atom stereocenters. The number of hydrogen-bond donors (Lipinski definition) is 1. The summed E-state index contributed by atoms with van der Waals surface area (Å²) >= 11 is 0. The highest BCUT2D eigenvalue weighted by molar-refractivity contribution is 4.74. The summed E-state index contributed by atoms with van der Waals surface area (Å²) in [6.45, 7) is 14.3. The number of ether oxygens (including phenoxy) is 1. The zero-order valence-electron chi connectivity index (χ0n) is 11.6. The number of rotatable bonds is 6. The minimum absolute atomic E-state index is 0.0238. The second-order valence-corrected chi connectivity index (χ2v) is 6.24. The summed E-state index contributed by atoms with van der Waals surface area (Å²) in [4.78, 5) is 0. The molecule has 0 aromatic heterocycles. The van der Waals surface area contributed by atoms with Crippen LogP contribution < -0.4 is 5.32 Å². The van der Waals surface area contributed by atoms with Crippen molar-refractivity contribution in [3.05, 3.63) is 0 Å². The quantitative estimate of drug-likeness (QED) is 0.734. The third-order valence-electron chi connectivity index (χ3n) is 2.77. The van der Waals surface area contributed by atoms with E-state index in [9.17, 15) is 0 Å². The first kappa shape index (κ1) is 14.9. The van der Waals surface area contributed by atoms with Crippen molar-refractivity contribution in [2.45, 2.75) is 65.5 Å². The Hall–Kier alpha value is -0.0800. The van der Waals surface area contributed by atoms with Crippen LogP contribution in [-0.4, -0.2) is 24.8 Å². The predicted octanol–water partition coefficient (Wildman–Crippen LogP) is 3.22. The molecule has 92 valence electrons. The zero-order valence-corrected chi connectivity index (χ0v) is 11.6. The standard InChI is InChI=1S/C13H29NO/c1-11(10-14-12(2,3)4)8-9-13(5,6)15-7/h11,14H,8-10H2,1-7H3. The molecule has 0 saturated heterocycles. The summed E-state index contributed by atoms with van der Waals surface area (Å²) in [7, 11) is 1.79. The molecule has 0 radical (unpaired) electrons. The summed E-state index contributed by atoms with van der Waals surface area (Å²) in [6.07, 6.45) is 2.33. The molecule has 0 aromatic carbocycles. The highest BCUT2D eigenvalue weighted by atomic mass is 16.5. The van der Waals surface area contributed by atoms with Crippen LogP contribution in [0.2, 0.25) is 0 Å². The molecule has 0 aliphatic heterocycles. The Morgan fingerprint density at radius 3 is 2.07 bits per heavy atom. The number of methoxy groups -OCH3 is 1. The second kappa shape index (κ2) is 5.86. The van der Waals surface area contributed by atoms with Gasteiger partial charge < -0.3 is 10.1 Å². The van der Waals surface area contributed by atoms with Crippen LogP contribution in [0.4, 0.5) is 0 Å². The van der Waals surface area contributed by atoms with Gasteiger partial charge in [0.1, 0.15) is 0 Å². The fourth-order valence-corrected chi connectivity index (χ4v) is 1.28. The Balaban J connectivity index is 3.71. The fraction of sp³-hybridized carbons (Fsp3) is 1.00. The van der Waals surface area contributed by atoms with Gasteiger partial charge in [0.2, 0.25) is 0 Å².